The van der Waals surface area contributed by atoms with Gasteiger partial charge in [-0.3, -0.25) is 0 Å². The summed E-state index contributed by atoms with van der Waals surface area (Å²) in [5.41, 5.74) is -0.0101. The Balaban J connectivity index is 1.67. The maximum absolute atomic E-state index is 12.1. The van der Waals surface area contributed by atoms with Gasteiger partial charge in [0.15, 0.2) is 0 Å². The molecule has 0 amide bonds. The van der Waals surface area contributed by atoms with E-state index in [0.29, 0.717) is 5.56 Å². The normalized spacial score (nSPS) is 30.1. The third kappa shape index (κ3) is 3.69. The van der Waals surface area contributed by atoms with E-state index in [2.05, 4.69) is 14.3 Å². The molecule has 0 bridgehead atoms. The van der Waals surface area contributed by atoms with Crippen LogP contribution in [0.3, 0.4) is 0 Å². The summed E-state index contributed by atoms with van der Waals surface area (Å²) in [5.74, 6) is 0.193. The first kappa shape index (κ1) is 19.0. The van der Waals surface area contributed by atoms with Crippen molar-refractivity contribution in [2.75, 3.05) is 13.7 Å². The molecule has 14 heteroatoms. The number of rotatable bonds is 6. The summed E-state index contributed by atoms with van der Waals surface area (Å²) in [7, 11) is -7.19. The van der Waals surface area contributed by atoms with Gasteiger partial charge in [-0.05, 0) is 0 Å². The molecule has 25 heavy (non-hydrogen) atoms. The Morgan fingerprint density at radius 1 is 1.48 bits per heavy atom. The zero-order valence-corrected chi connectivity index (χ0v) is 15.4. The van der Waals surface area contributed by atoms with E-state index < -0.39 is 46.0 Å². The molecule has 3 atom stereocenters. The van der Waals surface area contributed by atoms with E-state index in [9.17, 15) is 24.6 Å². The minimum atomic E-state index is -4.56. The van der Waals surface area contributed by atoms with Crippen LogP contribution >= 0.6 is 15.3 Å². The molecule has 3 rings (SSSR count). The van der Waals surface area contributed by atoms with Crippen molar-refractivity contribution >= 4 is 15.3 Å². The third-order valence-corrected chi connectivity index (χ3v) is 9.17. The Kier molecular flexibility index (Phi) is 5.13. The maximum atomic E-state index is 12.1. The van der Waals surface area contributed by atoms with Gasteiger partial charge in [-0.1, -0.05) is 0 Å². The zero-order valence-electron chi connectivity index (χ0n) is 13.4. The second-order valence-electron chi connectivity index (χ2n) is 5.72. The summed E-state index contributed by atoms with van der Waals surface area (Å²) in [6.07, 6.45) is -1.21. The van der Waals surface area contributed by atoms with Crippen LogP contribution in [0.15, 0.2) is 11.0 Å². The first-order chi connectivity index (χ1) is 11.7. The molecule has 2 saturated heterocycles. The molecule has 2 aliphatic rings. The number of methoxy groups -OCH3 is 1. The average Bonchev–Trinajstić information content (AvgIpc) is 3.21. The molecule has 2 aliphatic heterocycles. The fraction of sp³-hybridized carbons (Fsp3) is 0.636. The monoisotopic (exact) mass is 402 g/mol. The summed E-state index contributed by atoms with van der Waals surface area (Å²) in [6, 6.07) is 0. The molecule has 3 heterocycles. The molecule has 4 N–H and O–H groups in total. The van der Waals surface area contributed by atoms with Crippen molar-refractivity contribution in [3.8, 4) is 5.88 Å². The molecule has 0 aliphatic carbocycles. The number of aromatic nitrogens is 2. The van der Waals surface area contributed by atoms with E-state index in [0.717, 1.165) is 0 Å². The Bertz CT molecular complexity index is 709. The van der Waals surface area contributed by atoms with Crippen molar-refractivity contribution in [2.45, 2.75) is 31.8 Å². The SMILES string of the molecule is COc1nc(=O)n([C@H]2CC(O)[C@@H](CO[PH](O)(O)[PH]3(O)OO3)O2)cc1C. The number of hydrogen-bond donors (Lipinski definition) is 4. The molecule has 2 fully saturated rings. The number of aliphatic hydroxyl groups excluding tert-OH is 1. The van der Waals surface area contributed by atoms with Crippen molar-refractivity contribution < 1.29 is 43.1 Å². The summed E-state index contributed by atoms with van der Waals surface area (Å²) in [5, 5.41) is 10.1. The molecular weight excluding hydrogens is 382 g/mol. The van der Waals surface area contributed by atoms with Gasteiger partial charge in [0, 0.05) is 0 Å². The van der Waals surface area contributed by atoms with E-state index >= 15 is 0 Å². The van der Waals surface area contributed by atoms with E-state index in [4.69, 9.17) is 14.0 Å². The van der Waals surface area contributed by atoms with Crippen molar-refractivity contribution in [1.29, 1.82) is 0 Å². The molecule has 1 aromatic heterocycles. The first-order valence-corrected chi connectivity index (χ1v) is 11.9. The van der Waals surface area contributed by atoms with Gasteiger partial charge in [-0.15, -0.1) is 0 Å². The third-order valence-electron chi connectivity index (χ3n) is 3.90. The topological polar surface area (TPSA) is 169 Å². The quantitative estimate of drug-likeness (QED) is 0.263. The summed E-state index contributed by atoms with van der Waals surface area (Å²) < 4.78 is 25.0. The van der Waals surface area contributed by atoms with Crippen LogP contribution in [0.2, 0.25) is 0 Å². The number of aryl methyl sites for hydroxylation is 1. The molecule has 0 saturated carbocycles. The summed E-state index contributed by atoms with van der Waals surface area (Å²) in [6.45, 7) is 1.28. The Morgan fingerprint density at radius 2 is 2.16 bits per heavy atom. The van der Waals surface area contributed by atoms with Crippen molar-refractivity contribution in [1.82, 2.24) is 9.55 Å². The van der Waals surface area contributed by atoms with E-state index in [1.165, 1.54) is 17.9 Å². The Labute approximate surface area is 142 Å². The van der Waals surface area contributed by atoms with Crippen molar-refractivity contribution in [3.05, 3.63) is 22.2 Å². The molecule has 144 valence electrons. The zero-order chi connectivity index (χ0) is 18.4. The standard InChI is InChI=1S/C11H20N2O10P2/c1-6-4-13(11(15)12-10(6)19-2)9-3-7(14)8(21-9)5-20-24(16,17)25(18)22-23-25/h4,7-9,14,16-18,24-25H,3,5H2,1-2H3/t7?,8-,9-/m1/s1. The van der Waals surface area contributed by atoms with Gasteiger partial charge in [0.1, 0.15) is 0 Å². The van der Waals surface area contributed by atoms with Crippen LogP contribution in [0.1, 0.15) is 18.2 Å². The molecule has 12 nitrogen and oxygen atoms in total. The van der Waals surface area contributed by atoms with Crippen LogP contribution < -0.4 is 10.4 Å². The number of aliphatic hydroxyl groups is 1. The predicted octanol–water partition coefficient (Wildman–Crippen LogP) is -0.931. The molecule has 0 radical (unpaired) electrons. The second kappa shape index (κ2) is 6.75. The van der Waals surface area contributed by atoms with Crippen molar-refractivity contribution in [3.63, 3.8) is 0 Å². The average molecular weight is 402 g/mol. The van der Waals surface area contributed by atoms with Gasteiger partial charge in [-0.2, -0.15) is 0 Å². The summed E-state index contributed by atoms with van der Waals surface area (Å²) in [4.78, 5) is 44.7. The van der Waals surface area contributed by atoms with Gasteiger partial charge in [0.2, 0.25) is 0 Å². The summed E-state index contributed by atoms with van der Waals surface area (Å²) >= 11 is 0. The van der Waals surface area contributed by atoms with Crippen LogP contribution in [-0.2, 0) is 18.6 Å². The predicted molar refractivity (Wildman–Crippen MR) is 85.7 cm³/mol. The van der Waals surface area contributed by atoms with Gasteiger partial charge in [0.05, 0.1) is 0 Å². The molecule has 0 spiro atoms. The van der Waals surface area contributed by atoms with Crippen LogP contribution in [0, 0.1) is 6.92 Å². The van der Waals surface area contributed by atoms with Gasteiger partial charge < -0.3 is 0 Å². The van der Waals surface area contributed by atoms with Crippen LogP contribution in [0.4, 0.5) is 0 Å². The Morgan fingerprint density at radius 3 is 2.76 bits per heavy atom. The van der Waals surface area contributed by atoms with E-state index in [1.54, 1.807) is 6.92 Å². The first-order valence-electron chi connectivity index (χ1n) is 7.32. The van der Waals surface area contributed by atoms with Crippen LogP contribution in [-0.4, -0.2) is 55.3 Å². The number of nitrogens with zero attached hydrogens (tertiary/aromatic N) is 2. The minimum absolute atomic E-state index is 0.0709. The fourth-order valence-electron chi connectivity index (χ4n) is 2.44. The molecule has 0 aromatic carbocycles. The Hall–Kier alpha value is -0.780. The van der Waals surface area contributed by atoms with Crippen LogP contribution in [0.25, 0.3) is 0 Å². The van der Waals surface area contributed by atoms with E-state index in [-0.39, 0.29) is 12.3 Å². The van der Waals surface area contributed by atoms with E-state index in [1.807, 2.05) is 0 Å². The van der Waals surface area contributed by atoms with Gasteiger partial charge in [-0.25, -0.2) is 0 Å². The van der Waals surface area contributed by atoms with Crippen LogP contribution in [0.5, 0.6) is 5.88 Å². The van der Waals surface area contributed by atoms with Gasteiger partial charge in [0.25, 0.3) is 0 Å². The molecule has 1 aromatic rings. The fourth-order valence-corrected chi connectivity index (χ4v) is 5.37. The molecule has 1 unspecified atom stereocenters. The van der Waals surface area contributed by atoms with Crippen molar-refractivity contribution in [2.24, 2.45) is 0 Å². The second-order valence-corrected chi connectivity index (χ2v) is 12.6. The van der Waals surface area contributed by atoms with Gasteiger partial charge >= 0.3 is 142 Å². The number of hydrogen-bond acceptors (Lipinski definition) is 11. The number of ether oxygens (including phenoxy) is 2. The molecular formula is C11H20N2O10P2.